The highest BCUT2D eigenvalue weighted by Crippen LogP contribution is 2.22. The lowest BCUT2D eigenvalue weighted by atomic mass is 10.1. The molecule has 2 rings (SSSR count). The van der Waals surface area contributed by atoms with Gasteiger partial charge in [-0.2, -0.15) is 0 Å². The van der Waals surface area contributed by atoms with E-state index in [-0.39, 0.29) is 10.6 Å². The zero-order chi connectivity index (χ0) is 13.0. The van der Waals surface area contributed by atoms with Crippen LogP contribution in [-0.4, -0.2) is 9.91 Å². The Morgan fingerprint density at radius 2 is 1.89 bits per heavy atom. The summed E-state index contributed by atoms with van der Waals surface area (Å²) < 4.78 is 0. The van der Waals surface area contributed by atoms with E-state index in [9.17, 15) is 10.1 Å². The van der Waals surface area contributed by atoms with Gasteiger partial charge in [-0.1, -0.05) is 30.3 Å². The van der Waals surface area contributed by atoms with Crippen molar-refractivity contribution in [2.24, 2.45) is 0 Å². The first-order chi connectivity index (χ1) is 8.68. The Morgan fingerprint density at radius 3 is 2.56 bits per heavy atom. The van der Waals surface area contributed by atoms with Crippen LogP contribution >= 0.6 is 0 Å². The Hall–Kier alpha value is -2.23. The number of pyridine rings is 1. The van der Waals surface area contributed by atoms with Crippen molar-refractivity contribution in [1.82, 2.24) is 4.98 Å². The first kappa shape index (κ1) is 12.2. The molecule has 0 N–H and O–H groups in total. The van der Waals surface area contributed by atoms with E-state index in [1.165, 1.54) is 0 Å². The van der Waals surface area contributed by atoms with E-state index in [1.807, 2.05) is 30.3 Å². The van der Waals surface area contributed by atoms with Crippen LogP contribution in [0.15, 0.2) is 42.6 Å². The second kappa shape index (κ2) is 5.40. The average Bonchev–Trinajstić information content (AvgIpc) is 2.37. The molecule has 0 amide bonds. The topological polar surface area (TPSA) is 56.0 Å². The SMILES string of the molecule is Cc1ccnc(CCc2ccccc2)c1[N+](=O)[O-]. The lowest BCUT2D eigenvalue weighted by molar-refractivity contribution is -0.386. The molecule has 0 unspecified atom stereocenters. The first-order valence-corrected chi connectivity index (χ1v) is 5.81. The van der Waals surface area contributed by atoms with Crippen LogP contribution in [0.5, 0.6) is 0 Å². The van der Waals surface area contributed by atoms with Crippen molar-refractivity contribution in [3.05, 3.63) is 69.5 Å². The standard InChI is InChI=1S/C14H14N2O2/c1-11-9-10-15-13(14(11)16(17)18)8-7-12-5-3-2-4-6-12/h2-6,9-10H,7-8H2,1H3. The summed E-state index contributed by atoms with van der Waals surface area (Å²) in [6.45, 7) is 1.74. The monoisotopic (exact) mass is 242 g/mol. The van der Waals surface area contributed by atoms with Crippen molar-refractivity contribution in [2.45, 2.75) is 19.8 Å². The molecule has 18 heavy (non-hydrogen) atoms. The van der Waals surface area contributed by atoms with E-state index < -0.39 is 0 Å². The molecule has 0 saturated carbocycles. The van der Waals surface area contributed by atoms with Crippen molar-refractivity contribution in [3.8, 4) is 0 Å². The van der Waals surface area contributed by atoms with Gasteiger partial charge in [-0.25, -0.2) is 0 Å². The second-order valence-corrected chi connectivity index (χ2v) is 4.17. The van der Waals surface area contributed by atoms with Crippen LogP contribution in [0.2, 0.25) is 0 Å². The third-order valence-electron chi connectivity index (χ3n) is 2.88. The third-order valence-corrected chi connectivity index (χ3v) is 2.88. The van der Waals surface area contributed by atoms with Gasteiger partial charge in [0.1, 0.15) is 5.69 Å². The molecule has 0 saturated heterocycles. The van der Waals surface area contributed by atoms with E-state index in [2.05, 4.69) is 4.98 Å². The van der Waals surface area contributed by atoms with Gasteiger partial charge in [0.2, 0.25) is 0 Å². The molecule has 1 heterocycles. The Morgan fingerprint density at radius 1 is 1.17 bits per heavy atom. The fraction of sp³-hybridized carbons (Fsp3) is 0.214. The minimum Gasteiger partial charge on any atom is -0.258 e. The van der Waals surface area contributed by atoms with E-state index in [0.29, 0.717) is 17.7 Å². The van der Waals surface area contributed by atoms with E-state index in [4.69, 9.17) is 0 Å². The minimum atomic E-state index is -0.345. The zero-order valence-electron chi connectivity index (χ0n) is 10.2. The summed E-state index contributed by atoms with van der Waals surface area (Å²) in [6, 6.07) is 11.6. The quantitative estimate of drug-likeness (QED) is 0.611. The smallest absolute Gasteiger partial charge is 0.258 e. The fourth-order valence-corrected chi connectivity index (χ4v) is 1.95. The number of nitrogens with zero attached hydrogens (tertiary/aromatic N) is 2. The Kier molecular flexibility index (Phi) is 3.67. The predicted molar refractivity (Wildman–Crippen MR) is 69.5 cm³/mol. The van der Waals surface area contributed by atoms with E-state index >= 15 is 0 Å². The van der Waals surface area contributed by atoms with Crippen LogP contribution in [0.3, 0.4) is 0 Å². The molecule has 1 aromatic heterocycles. The van der Waals surface area contributed by atoms with Crippen LogP contribution in [0.1, 0.15) is 16.8 Å². The van der Waals surface area contributed by atoms with Gasteiger partial charge in [0.15, 0.2) is 0 Å². The van der Waals surface area contributed by atoms with Crippen LogP contribution in [-0.2, 0) is 12.8 Å². The summed E-state index contributed by atoms with van der Waals surface area (Å²) in [5, 5.41) is 11.0. The molecule has 0 bridgehead atoms. The summed E-state index contributed by atoms with van der Waals surface area (Å²) in [4.78, 5) is 14.8. The van der Waals surface area contributed by atoms with Gasteiger partial charge in [-0.15, -0.1) is 0 Å². The van der Waals surface area contributed by atoms with Crippen molar-refractivity contribution in [3.63, 3.8) is 0 Å². The number of aryl methyl sites for hydroxylation is 3. The molecule has 0 aliphatic heterocycles. The summed E-state index contributed by atoms with van der Waals surface area (Å²) in [5.74, 6) is 0. The number of aromatic nitrogens is 1. The highest BCUT2D eigenvalue weighted by Gasteiger charge is 2.17. The number of benzene rings is 1. The van der Waals surface area contributed by atoms with Crippen LogP contribution < -0.4 is 0 Å². The zero-order valence-corrected chi connectivity index (χ0v) is 10.2. The summed E-state index contributed by atoms with van der Waals surface area (Å²) in [7, 11) is 0. The molecule has 1 aromatic carbocycles. The number of hydrogen-bond acceptors (Lipinski definition) is 3. The Labute approximate surface area is 105 Å². The highest BCUT2D eigenvalue weighted by atomic mass is 16.6. The lowest BCUT2D eigenvalue weighted by Crippen LogP contribution is -2.02. The Balaban J connectivity index is 2.20. The third kappa shape index (κ3) is 2.71. The highest BCUT2D eigenvalue weighted by molar-refractivity contribution is 5.43. The largest absolute Gasteiger partial charge is 0.293 e. The molecule has 0 aliphatic rings. The van der Waals surface area contributed by atoms with Gasteiger partial charge in [-0.05, 0) is 25.0 Å². The normalized spacial score (nSPS) is 10.3. The first-order valence-electron chi connectivity index (χ1n) is 5.81. The van der Waals surface area contributed by atoms with Gasteiger partial charge in [-0.3, -0.25) is 15.1 Å². The maximum atomic E-state index is 11.0. The molecule has 0 spiro atoms. The molecular weight excluding hydrogens is 228 g/mol. The number of nitro groups is 1. The predicted octanol–water partition coefficient (Wildman–Crippen LogP) is 3.08. The van der Waals surface area contributed by atoms with Gasteiger partial charge < -0.3 is 0 Å². The average molecular weight is 242 g/mol. The Bertz CT molecular complexity index is 553. The van der Waals surface area contributed by atoms with E-state index in [0.717, 1.165) is 12.0 Å². The fourth-order valence-electron chi connectivity index (χ4n) is 1.95. The molecule has 2 aromatic rings. The van der Waals surface area contributed by atoms with Gasteiger partial charge in [0.05, 0.1) is 4.92 Å². The summed E-state index contributed by atoms with van der Waals surface area (Å²) in [5.41, 5.74) is 2.53. The van der Waals surface area contributed by atoms with Crippen molar-refractivity contribution < 1.29 is 4.92 Å². The molecule has 4 nitrogen and oxygen atoms in total. The molecule has 0 atom stereocenters. The van der Waals surface area contributed by atoms with Crippen molar-refractivity contribution >= 4 is 5.69 Å². The molecule has 4 heteroatoms. The molecule has 0 aliphatic carbocycles. The maximum absolute atomic E-state index is 11.0. The number of rotatable bonds is 4. The second-order valence-electron chi connectivity index (χ2n) is 4.17. The van der Waals surface area contributed by atoms with Gasteiger partial charge in [0.25, 0.3) is 5.69 Å². The minimum absolute atomic E-state index is 0.147. The molecule has 0 fully saturated rings. The van der Waals surface area contributed by atoms with Gasteiger partial charge >= 0.3 is 0 Å². The summed E-state index contributed by atoms with van der Waals surface area (Å²) >= 11 is 0. The van der Waals surface area contributed by atoms with Crippen LogP contribution in [0, 0.1) is 17.0 Å². The van der Waals surface area contributed by atoms with Crippen molar-refractivity contribution in [2.75, 3.05) is 0 Å². The maximum Gasteiger partial charge on any atom is 0.293 e. The van der Waals surface area contributed by atoms with Crippen LogP contribution in [0.4, 0.5) is 5.69 Å². The molecular formula is C14H14N2O2. The lowest BCUT2D eigenvalue weighted by Gasteiger charge is -2.04. The van der Waals surface area contributed by atoms with Gasteiger partial charge in [0, 0.05) is 18.2 Å². The molecule has 92 valence electrons. The van der Waals surface area contributed by atoms with Crippen LogP contribution in [0.25, 0.3) is 0 Å². The molecule has 0 radical (unpaired) electrons. The summed E-state index contributed by atoms with van der Waals surface area (Å²) in [6.07, 6.45) is 2.97. The number of hydrogen-bond donors (Lipinski definition) is 0. The van der Waals surface area contributed by atoms with Crippen molar-refractivity contribution in [1.29, 1.82) is 0 Å². The van der Waals surface area contributed by atoms with E-state index in [1.54, 1.807) is 19.2 Å².